The summed E-state index contributed by atoms with van der Waals surface area (Å²) in [5, 5.41) is 0. The highest BCUT2D eigenvalue weighted by Gasteiger charge is 2.15. The molecule has 4 nitrogen and oxygen atoms in total. The van der Waals surface area contributed by atoms with Crippen molar-refractivity contribution in [2.24, 2.45) is 0 Å². The molecule has 1 heterocycles. The molecule has 0 spiro atoms. The number of benzene rings is 2. The van der Waals surface area contributed by atoms with Gasteiger partial charge >= 0.3 is 0 Å². The van der Waals surface area contributed by atoms with Crippen molar-refractivity contribution in [3.8, 4) is 17.6 Å². The van der Waals surface area contributed by atoms with E-state index in [9.17, 15) is 4.79 Å². The molecule has 3 rings (SSSR count). The molecule has 136 valence electrons. The van der Waals surface area contributed by atoms with Crippen LogP contribution in [0.5, 0.6) is 5.75 Å². The van der Waals surface area contributed by atoms with E-state index in [1.807, 2.05) is 62.4 Å². The predicted molar refractivity (Wildman–Crippen MR) is 104 cm³/mol. The molecule has 0 N–H and O–H groups in total. The number of hydrogen-bond acceptors (Lipinski definition) is 4. The first-order valence-corrected chi connectivity index (χ1v) is 8.92. The Labute approximate surface area is 159 Å². The summed E-state index contributed by atoms with van der Waals surface area (Å²) in [4.78, 5) is 16.0. The van der Waals surface area contributed by atoms with Gasteiger partial charge in [0, 0.05) is 17.5 Å². The molecule has 2 aromatic carbocycles. The molecule has 0 radical (unpaired) electrons. The van der Waals surface area contributed by atoms with E-state index in [0.29, 0.717) is 18.7 Å². The fraction of sp³-hybridized carbons (Fsp3) is 0.217. The molecule has 0 saturated carbocycles. The number of ether oxygens (including phenoxy) is 1. The standard InChI is InChI=1S/C23H21NO3/c1-3-27-21-12-8-19(9-13-21)5-4-18-6-10-20(11-7-18)17(2)14-23(25)22-15-26-16-24-22/h6-13,15-17H,3,14H2,1-2H3. The van der Waals surface area contributed by atoms with Gasteiger partial charge in [0.2, 0.25) is 0 Å². The van der Waals surface area contributed by atoms with Crippen LogP contribution in [0.3, 0.4) is 0 Å². The lowest BCUT2D eigenvalue weighted by Crippen LogP contribution is -2.05. The van der Waals surface area contributed by atoms with Crippen molar-refractivity contribution in [2.75, 3.05) is 6.61 Å². The Morgan fingerprint density at radius 1 is 1.07 bits per heavy atom. The van der Waals surface area contributed by atoms with Crippen LogP contribution in [0, 0.1) is 11.8 Å². The smallest absolute Gasteiger partial charge is 0.185 e. The predicted octanol–water partition coefficient (Wildman–Crippen LogP) is 4.85. The molecule has 0 aliphatic carbocycles. The highest BCUT2D eigenvalue weighted by molar-refractivity contribution is 5.94. The Kier molecular flexibility index (Phi) is 6.06. The first kappa shape index (κ1) is 18.5. The maximum atomic E-state index is 12.1. The Morgan fingerprint density at radius 3 is 2.26 bits per heavy atom. The van der Waals surface area contributed by atoms with Gasteiger partial charge in [0.1, 0.15) is 17.7 Å². The first-order chi connectivity index (χ1) is 13.2. The van der Waals surface area contributed by atoms with E-state index >= 15 is 0 Å². The summed E-state index contributed by atoms with van der Waals surface area (Å²) in [7, 11) is 0. The molecule has 0 saturated heterocycles. The third kappa shape index (κ3) is 5.08. The van der Waals surface area contributed by atoms with E-state index in [4.69, 9.17) is 9.15 Å². The molecule has 27 heavy (non-hydrogen) atoms. The Bertz CT molecular complexity index is 930. The average Bonchev–Trinajstić information content (AvgIpc) is 3.23. The van der Waals surface area contributed by atoms with Crippen LogP contribution in [0.1, 0.15) is 53.4 Å². The molecule has 0 fully saturated rings. The van der Waals surface area contributed by atoms with Gasteiger partial charge in [-0.05, 0) is 54.8 Å². The number of carbonyl (C=O) groups excluding carboxylic acids is 1. The van der Waals surface area contributed by atoms with Gasteiger partial charge in [0.25, 0.3) is 0 Å². The van der Waals surface area contributed by atoms with Crippen molar-refractivity contribution in [2.45, 2.75) is 26.2 Å². The van der Waals surface area contributed by atoms with Gasteiger partial charge in [0.05, 0.1) is 6.61 Å². The Morgan fingerprint density at radius 2 is 1.70 bits per heavy atom. The van der Waals surface area contributed by atoms with Gasteiger partial charge in [0.15, 0.2) is 12.2 Å². The fourth-order valence-electron chi connectivity index (χ4n) is 2.69. The third-order valence-electron chi connectivity index (χ3n) is 4.21. The maximum absolute atomic E-state index is 12.1. The number of Topliss-reactive ketones (excluding diaryl/α,β-unsaturated/α-hetero) is 1. The largest absolute Gasteiger partial charge is 0.494 e. The fourth-order valence-corrected chi connectivity index (χ4v) is 2.69. The summed E-state index contributed by atoms with van der Waals surface area (Å²) in [5.74, 6) is 7.24. The normalized spacial score (nSPS) is 11.3. The summed E-state index contributed by atoms with van der Waals surface area (Å²) in [6, 6.07) is 15.7. The van der Waals surface area contributed by atoms with E-state index in [2.05, 4.69) is 16.8 Å². The summed E-state index contributed by atoms with van der Waals surface area (Å²) in [6.07, 6.45) is 3.05. The monoisotopic (exact) mass is 359 g/mol. The van der Waals surface area contributed by atoms with Crippen LogP contribution < -0.4 is 4.74 Å². The van der Waals surface area contributed by atoms with Gasteiger partial charge in [-0.25, -0.2) is 4.98 Å². The molecule has 0 aliphatic heterocycles. The molecule has 0 amide bonds. The van der Waals surface area contributed by atoms with Crippen LogP contribution in [-0.4, -0.2) is 17.4 Å². The molecule has 1 atom stereocenters. The SMILES string of the molecule is CCOc1ccc(C#Cc2ccc(C(C)CC(=O)c3cocn3)cc2)cc1. The Balaban J connectivity index is 1.62. The summed E-state index contributed by atoms with van der Waals surface area (Å²) in [6.45, 7) is 4.64. The summed E-state index contributed by atoms with van der Waals surface area (Å²) >= 11 is 0. The van der Waals surface area contributed by atoms with Crippen LogP contribution in [-0.2, 0) is 0 Å². The summed E-state index contributed by atoms with van der Waals surface area (Å²) < 4.78 is 10.3. The van der Waals surface area contributed by atoms with E-state index < -0.39 is 0 Å². The van der Waals surface area contributed by atoms with Gasteiger partial charge in [-0.2, -0.15) is 0 Å². The second-order valence-electron chi connectivity index (χ2n) is 6.23. The van der Waals surface area contributed by atoms with Crippen LogP contribution in [0.15, 0.2) is 65.6 Å². The van der Waals surface area contributed by atoms with E-state index in [-0.39, 0.29) is 11.7 Å². The molecule has 1 aromatic heterocycles. The van der Waals surface area contributed by atoms with Crippen molar-refractivity contribution in [1.82, 2.24) is 4.98 Å². The Hall–Kier alpha value is -3.32. The maximum Gasteiger partial charge on any atom is 0.185 e. The molecule has 1 unspecified atom stereocenters. The van der Waals surface area contributed by atoms with E-state index in [0.717, 1.165) is 22.4 Å². The highest BCUT2D eigenvalue weighted by atomic mass is 16.5. The topological polar surface area (TPSA) is 52.3 Å². The van der Waals surface area contributed by atoms with Gasteiger partial charge in [-0.3, -0.25) is 4.79 Å². The number of rotatable bonds is 6. The van der Waals surface area contributed by atoms with Crippen molar-refractivity contribution >= 4 is 5.78 Å². The van der Waals surface area contributed by atoms with Crippen molar-refractivity contribution in [3.63, 3.8) is 0 Å². The lowest BCUT2D eigenvalue weighted by atomic mass is 9.94. The molecule has 0 bridgehead atoms. The minimum absolute atomic E-state index is 0.0179. The average molecular weight is 359 g/mol. The van der Waals surface area contributed by atoms with E-state index in [1.165, 1.54) is 12.7 Å². The van der Waals surface area contributed by atoms with Crippen molar-refractivity contribution in [1.29, 1.82) is 0 Å². The van der Waals surface area contributed by atoms with E-state index in [1.54, 1.807) is 0 Å². The zero-order valence-electron chi connectivity index (χ0n) is 15.4. The zero-order chi connectivity index (χ0) is 19.1. The number of ketones is 1. The summed E-state index contributed by atoms with van der Waals surface area (Å²) in [5.41, 5.74) is 3.34. The molecule has 4 heteroatoms. The third-order valence-corrected chi connectivity index (χ3v) is 4.21. The van der Waals surface area contributed by atoms with Crippen LogP contribution in [0.4, 0.5) is 0 Å². The lowest BCUT2D eigenvalue weighted by molar-refractivity contribution is 0.0971. The lowest BCUT2D eigenvalue weighted by Gasteiger charge is -2.10. The second-order valence-corrected chi connectivity index (χ2v) is 6.23. The van der Waals surface area contributed by atoms with Gasteiger partial charge in [-0.1, -0.05) is 30.9 Å². The number of nitrogens with zero attached hydrogens (tertiary/aromatic N) is 1. The molecule has 3 aromatic rings. The quantitative estimate of drug-likeness (QED) is 0.466. The van der Waals surface area contributed by atoms with Crippen molar-refractivity contribution in [3.05, 3.63) is 83.6 Å². The van der Waals surface area contributed by atoms with Gasteiger partial charge < -0.3 is 9.15 Å². The van der Waals surface area contributed by atoms with Crippen molar-refractivity contribution < 1.29 is 13.9 Å². The number of hydrogen-bond donors (Lipinski definition) is 0. The van der Waals surface area contributed by atoms with Crippen LogP contribution in [0.2, 0.25) is 0 Å². The number of oxazole rings is 1. The molecular formula is C23H21NO3. The highest BCUT2D eigenvalue weighted by Crippen LogP contribution is 2.21. The zero-order valence-corrected chi connectivity index (χ0v) is 15.4. The number of carbonyl (C=O) groups is 1. The molecular weight excluding hydrogens is 338 g/mol. The minimum Gasteiger partial charge on any atom is -0.494 e. The second kappa shape index (κ2) is 8.86. The first-order valence-electron chi connectivity index (χ1n) is 8.92. The van der Waals surface area contributed by atoms with Crippen LogP contribution >= 0.6 is 0 Å². The van der Waals surface area contributed by atoms with Crippen LogP contribution in [0.25, 0.3) is 0 Å². The number of aromatic nitrogens is 1. The van der Waals surface area contributed by atoms with Gasteiger partial charge in [-0.15, -0.1) is 0 Å². The minimum atomic E-state index is -0.0179. The molecule has 0 aliphatic rings.